The molecule has 88 valence electrons. The van der Waals surface area contributed by atoms with Crippen LogP contribution in [0.25, 0.3) is 0 Å². The summed E-state index contributed by atoms with van der Waals surface area (Å²) in [4.78, 5) is 12.6. The summed E-state index contributed by atoms with van der Waals surface area (Å²) in [5.41, 5.74) is 0. The van der Waals surface area contributed by atoms with E-state index < -0.39 is 0 Å². The van der Waals surface area contributed by atoms with Crippen LogP contribution in [0.15, 0.2) is 17.3 Å². The van der Waals surface area contributed by atoms with E-state index in [9.17, 15) is 0 Å². The lowest BCUT2D eigenvalue weighted by Crippen LogP contribution is -2.14. The summed E-state index contributed by atoms with van der Waals surface area (Å²) in [6.07, 6.45) is 7.82. The summed E-state index contributed by atoms with van der Waals surface area (Å²) < 4.78 is 0. The van der Waals surface area contributed by atoms with Crippen LogP contribution < -0.4 is 0 Å². The van der Waals surface area contributed by atoms with Crippen molar-refractivity contribution >= 4 is 12.0 Å². The van der Waals surface area contributed by atoms with Crippen molar-refractivity contribution < 1.29 is 0 Å². The van der Waals surface area contributed by atoms with Crippen LogP contribution in [0.3, 0.4) is 0 Å². The zero-order valence-corrected chi connectivity index (χ0v) is 10.0. The van der Waals surface area contributed by atoms with Crippen LogP contribution in [0.5, 0.6) is 0 Å². The van der Waals surface area contributed by atoms with Crippen LogP contribution in [0.1, 0.15) is 31.5 Å². The Morgan fingerprint density at radius 1 is 1.41 bits per heavy atom. The average molecular weight is 228 g/mol. The Morgan fingerprint density at radius 3 is 2.82 bits per heavy atom. The maximum absolute atomic E-state index is 8.82. The van der Waals surface area contributed by atoms with Crippen molar-refractivity contribution in [3.63, 3.8) is 0 Å². The highest BCUT2D eigenvalue weighted by Crippen LogP contribution is 2.27. The quantitative estimate of drug-likeness (QED) is 0.731. The Balaban J connectivity index is 1.92. The van der Waals surface area contributed by atoms with Gasteiger partial charge in [-0.15, -0.1) is 0 Å². The molecular weight excluding hydrogens is 212 g/mol. The standard InChI is InChI=1S/C13H16N4/c1-10-15-7-6-13(17-10)16-9-12-4-2-11(8-14)3-5-12/h6-7,9,11-12H,2-5H2,1H3. The maximum atomic E-state index is 8.82. The highest BCUT2D eigenvalue weighted by molar-refractivity contribution is 5.64. The SMILES string of the molecule is Cc1nccc(N=CC2CCC(C#N)CC2)n1. The molecule has 1 heterocycles. The van der Waals surface area contributed by atoms with E-state index in [0.717, 1.165) is 37.3 Å². The summed E-state index contributed by atoms with van der Waals surface area (Å²) in [5.74, 6) is 2.21. The molecule has 17 heavy (non-hydrogen) atoms. The van der Waals surface area contributed by atoms with Gasteiger partial charge in [0, 0.05) is 24.4 Å². The fourth-order valence-electron chi connectivity index (χ4n) is 2.09. The normalized spacial score (nSPS) is 24.7. The zero-order chi connectivity index (χ0) is 12.1. The highest BCUT2D eigenvalue weighted by atomic mass is 15.0. The molecule has 1 aliphatic carbocycles. The summed E-state index contributed by atoms with van der Waals surface area (Å²) >= 11 is 0. The Morgan fingerprint density at radius 2 is 2.18 bits per heavy atom. The van der Waals surface area contributed by atoms with Crippen LogP contribution in [0, 0.1) is 30.1 Å². The summed E-state index contributed by atoms with van der Waals surface area (Å²) in [6.45, 7) is 1.86. The van der Waals surface area contributed by atoms with Gasteiger partial charge in [-0.25, -0.2) is 15.0 Å². The predicted octanol–water partition coefficient (Wildman–Crippen LogP) is 2.82. The maximum Gasteiger partial charge on any atom is 0.155 e. The van der Waals surface area contributed by atoms with Gasteiger partial charge in [-0.05, 0) is 38.5 Å². The Labute approximate surface area is 101 Å². The van der Waals surface area contributed by atoms with Crippen LogP contribution in [-0.4, -0.2) is 16.2 Å². The topological polar surface area (TPSA) is 61.9 Å². The van der Waals surface area contributed by atoms with Gasteiger partial charge in [0.05, 0.1) is 6.07 Å². The van der Waals surface area contributed by atoms with Gasteiger partial charge in [-0.1, -0.05) is 0 Å². The molecule has 2 rings (SSSR count). The minimum Gasteiger partial charge on any atom is -0.242 e. The molecule has 1 aromatic rings. The van der Waals surface area contributed by atoms with Crippen molar-refractivity contribution in [3.05, 3.63) is 18.1 Å². The monoisotopic (exact) mass is 228 g/mol. The molecule has 4 nitrogen and oxygen atoms in total. The van der Waals surface area contributed by atoms with Crippen molar-refractivity contribution in [2.24, 2.45) is 16.8 Å². The number of hydrogen-bond donors (Lipinski definition) is 0. The molecule has 0 aromatic carbocycles. The van der Waals surface area contributed by atoms with Crippen molar-refractivity contribution in [3.8, 4) is 6.07 Å². The molecule has 0 spiro atoms. The van der Waals surface area contributed by atoms with E-state index in [1.165, 1.54) is 0 Å². The number of aryl methyl sites for hydroxylation is 1. The van der Waals surface area contributed by atoms with Crippen molar-refractivity contribution in [1.82, 2.24) is 9.97 Å². The first kappa shape index (κ1) is 11.7. The summed E-state index contributed by atoms with van der Waals surface area (Å²) in [7, 11) is 0. The van der Waals surface area contributed by atoms with E-state index in [1.54, 1.807) is 6.20 Å². The smallest absolute Gasteiger partial charge is 0.155 e. The second-order valence-electron chi connectivity index (χ2n) is 4.48. The lowest BCUT2D eigenvalue weighted by atomic mass is 9.83. The van der Waals surface area contributed by atoms with Crippen molar-refractivity contribution in [2.45, 2.75) is 32.6 Å². The zero-order valence-electron chi connectivity index (χ0n) is 10.0. The first-order valence-electron chi connectivity index (χ1n) is 6.01. The van der Waals surface area contributed by atoms with Crippen LogP contribution in [-0.2, 0) is 0 Å². The predicted molar refractivity (Wildman–Crippen MR) is 66.0 cm³/mol. The molecule has 1 fully saturated rings. The van der Waals surface area contributed by atoms with Crippen LogP contribution in [0.2, 0.25) is 0 Å². The third-order valence-electron chi connectivity index (χ3n) is 3.13. The van der Waals surface area contributed by atoms with E-state index in [4.69, 9.17) is 5.26 Å². The molecule has 0 N–H and O–H groups in total. The van der Waals surface area contributed by atoms with Gasteiger partial charge >= 0.3 is 0 Å². The van der Waals surface area contributed by atoms with Gasteiger partial charge in [-0.3, -0.25) is 0 Å². The first-order valence-corrected chi connectivity index (χ1v) is 6.01. The van der Waals surface area contributed by atoms with Crippen LogP contribution >= 0.6 is 0 Å². The van der Waals surface area contributed by atoms with Gasteiger partial charge in [-0.2, -0.15) is 5.26 Å². The fourth-order valence-corrected chi connectivity index (χ4v) is 2.09. The molecule has 1 aromatic heterocycles. The van der Waals surface area contributed by atoms with Gasteiger partial charge in [0.25, 0.3) is 0 Å². The lowest BCUT2D eigenvalue weighted by Gasteiger charge is -2.21. The van der Waals surface area contributed by atoms with E-state index >= 15 is 0 Å². The lowest BCUT2D eigenvalue weighted by molar-refractivity contribution is 0.382. The molecule has 0 saturated heterocycles. The molecule has 0 radical (unpaired) electrons. The van der Waals surface area contributed by atoms with Crippen LogP contribution in [0.4, 0.5) is 5.82 Å². The molecule has 4 heteroatoms. The molecule has 1 saturated carbocycles. The number of hydrogen-bond acceptors (Lipinski definition) is 4. The first-order chi connectivity index (χ1) is 8.28. The third-order valence-corrected chi connectivity index (χ3v) is 3.13. The Kier molecular flexibility index (Phi) is 3.81. The molecule has 0 aliphatic heterocycles. The molecule has 0 atom stereocenters. The summed E-state index contributed by atoms with van der Waals surface area (Å²) in [5, 5.41) is 8.82. The number of aliphatic imine (C=N–C) groups is 1. The van der Waals surface area contributed by atoms with Crippen molar-refractivity contribution in [2.75, 3.05) is 0 Å². The summed E-state index contributed by atoms with van der Waals surface area (Å²) in [6, 6.07) is 4.15. The number of nitrogens with zero attached hydrogens (tertiary/aromatic N) is 4. The molecule has 0 amide bonds. The van der Waals surface area contributed by atoms with Gasteiger partial charge < -0.3 is 0 Å². The third kappa shape index (κ3) is 3.35. The molecule has 0 unspecified atom stereocenters. The second kappa shape index (κ2) is 5.53. The molecule has 0 bridgehead atoms. The molecular formula is C13H16N4. The fraction of sp³-hybridized carbons (Fsp3) is 0.538. The van der Waals surface area contributed by atoms with Crippen molar-refractivity contribution in [1.29, 1.82) is 5.26 Å². The minimum atomic E-state index is 0.251. The number of rotatable bonds is 2. The Bertz CT molecular complexity index is 439. The second-order valence-corrected chi connectivity index (χ2v) is 4.48. The van der Waals surface area contributed by atoms with E-state index in [1.807, 2.05) is 19.2 Å². The number of aromatic nitrogens is 2. The number of nitriles is 1. The van der Waals surface area contributed by atoms with Gasteiger partial charge in [0.15, 0.2) is 5.82 Å². The minimum absolute atomic E-state index is 0.251. The average Bonchev–Trinajstić information content (AvgIpc) is 2.37. The highest BCUT2D eigenvalue weighted by Gasteiger charge is 2.19. The van der Waals surface area contributed by atoms with E-state index in [2.05, 4.69) is 21.0 Å². The molecule has 1 aliphatic rings. The van der Waals surface area contributed by atoms with E-state index in [-0.39, 0.29) is 5.92 Å². The van der Waals surface area contributed by atoms with Gasteiger partial charge in [0.2, 0.25) is 0 Å². The van der Waals surface area contributed by atoms with Gasteiger partial charge in [0.1, 0.15) is 5.82 Å². The largest absolute Gasteiger partial charge is 0.242 e. The Hall–Kier alpha value is -1.76. The van der Waals surface area contributed by atoms with E-state index in [0.29, 0.717) is 5.92 Å².